The summed E-state index contributed by atoms with van der Waals surface area (Å²) in [6, 6.07) is 6.29. The van der Waals surface area contributed by atoms with Crippen LogP contribution in [0.4, 0.5) is 18.9 Å². The van der Waals surface area contributed by atoms with E-state index in [1.54, 1.807) is 17.0 Å². The van der Waals surface area contributed by atoms with Gasteiger partial charge in [-0.2, -0.15) is 13.2 Å². The van der Waals surface area contributed by atoms with Gasteiger partial charge in [0.15, 0.2) is 0 Å². The van der Waals surface area contributed by atoms with Gasteiger partial charge in [-0.1, -0.05) is 6.07 Å². The number of piperidine rings is 1. The number of hydrogen-bond acceptors (Lipinski definition) is 2. The van der Waals surface area contributed by atoms with Crippen LogP contribution in [0.5, 0.6) is 0 Å². The number of alkyl halides is 3. The van der Waals surface area contributed by atoms with Crippen molar-refractivity contribution in [1.29, 1.82) is 0 Å². The molecule has 0 amide bonds. The molecule has 1 heterocycles. The molecule has 0 saturated carbocycles. The van der Waals surface area contributed by atoms with Gasteiger partial charge in [0.05, 0.1) is 11.5 Å². The van der Waals surface area contributed by atoms with E-state index in [1.807, 2.05) is 0 Å². The molecule has 1 N–H and O–H groups in total. The van der Waals surface area contributed by atoms with Gasteiger partial charge in [0.2, 0.25) is 0 Å². The van der Waals surface area contributed by atoms with Gasteiger partial charge in [0, 0.05) is 18.8 Å². The van der Waals surface area contributed by atoms with Gasteiger partial charge < -0.3 is 10.0 Å². The molecule has 1 aromatic rings. The fourth-order valence-corrected chi connectivity index (χ4v) is 2.30. The summed E-state index contributed by atoms with van der Waals surface area (Å²) in [6.07, 6.45) is -4.02. The Kier molecular flexibility index (Phi) is 3.68. The van der Waals surface area contributed by atoms with Gasteiger partial charge in [-0.05, 0) is 31.0 Å². The lowest BCUT2D eigenvalue weighted by Crippen LogP contribution is -2.39. The zero-order chi connectivity index (χ0) is 14.0. The molecule has 3 nitrogen and oxygen atoms in total. The van der Waals surface area contributed by atoms with Crippen LogP contribution in [0.1, 0.15) is 23.2 Å². The number of halogens is 3. The summed E-state index contributed by atoms with van der Waals surface area (Å²) in [5, 5.41) is 8.89. The van der Waals surface area contributed by atoms with Crippen molar-refractivity contribution >= 4 is 11.7 Å². The van der Waals surface area contributed by atoms with Gasteiger partial charge in [-0.3, -0.25) is 0 Å². The normalized spacial score (nSPS) is 17.5. The highest BCUT2D eigenvalue weighted by molar-refractivity contribution is 5.88. The predicted octanol–water partition coefficient (Wildman–Crippen LogP) is 3.16. The zero-order valence-corrected chi connectivity index (χ0v) is 10.2. The second-order valence-electron chi connectivity index (χ2n) is 4.66. The number of benzene rings is 1. The van der Waals surface area contributed by atoms with Crippen LogP contribution < -0.4 is 4.90 Å². The number of nitrogens with zero attached hydrogens (tertiary/aromatic N) is 1. The van der Waals surface area contributed by atoms with Crippen LogP contribution in [0.25, 0.3) is 0 Å². The van der Waals surface area contributed by atoms with Crippen molar-refractivity contribution in [1.82, 2.24) is 0 Å². The molecule has 1 fully saturated rings. The minimum atomic E-state index is -4.13. The number of carbonyl (C=O) groups is 1. The quantitative estimate of drug-likeness (QED) is 0.899. The first-order valence-electron chi connectivity index (χ1n) is 6.03. The summed E-state index contributed by atoms with van der Waals surface area (Å²) < 4.78 is 37.6. The number of aromatic carboxylic acids is 1. The van der Waals surface area contributed by atoms with Crippen LogP contribution >= 0.6 is 0 Å². The minimum Gasteiger partial charge on any atom is -0.478 e. The Morgan fingerprint density at radius 1 is 1.26 bits per heavy atom. The van der Waals surface area contributed by atoms with E-state index in [4.69, 9.17) is 5.11 Å². The van der Waals surface area contributed by atoms with E-state index in [1.165, 1.54) is 12.1 Å². The van der Waals surface area contributed by atoms with E-state index in [0.29, 0.717) is 18.8 Å². The maximum absolute atomic E-state index is 12.5. The smallest absolute Gasteiger partial charge is 0.391 e. The number of carboxylic acid groups (broad SMARTS) is 1. The molecular formula is C13H14F3NO2. The Bertz CT molecular complexity index is 465. The molecule has 2 rings (SSSR count). The predicted molar refractivity (Wildman–Crippen MR) is 64.4 cm³/mol. The third kappa shape index (κ3) is 3.19. The molecule has 0 aromatic heterocycles. The lowest BCUT2D eigenvalue weighted by molar-refractivity contribution is -0.179. The van der Waals surface area contributed by atoms with E-state index in [2.05, 4.69) is 0 Å². The average molecular weight is 273 g/mol. The summed E-state index contributed by atoms with van der Waals surface area (Å²) in [7, 11) is 0. The SMILES string of the molecule is O=C(O)c1cccc(N2CCC(C(F)(F)F)CC2)c1. The van der Waals surface area contributed by atoms with Crippen LogP contribution in [0, 0.1) is 5.92 Å². The third-order valence-electron chi connectivity index (χ3n) is 3.42. The first kappa shape index (κ1) is 13.7. The third-order valence-corrected chi connectivity index (χ3v) is 3.42. The summed E-state index contributed by atoms with van der Waals surface area (Å²) in [5.74, 6) is -2.28. The van der Waals surface area contributed by atoms with Crippen molar-refractivity contribution in [3.63, 3.8) is 0 Å². The standard InChI is InChI=1S/C13H14F3NO2/c14-13(15,16)10-4-6-17(7-5-10)11-3-1-2-9(8-11)12(18)19/h1-3,8,10H,4-7H2,(H,18,19). The van der Waals surface area contributed by atoms with E-state index >= 15 is 0 Å². The van der Waals surface area contributed by atoms with E-state index in [0.717, 1.165) is 0 Å². The van der Waals surface area contributed by atoms with Crippen LogP contribution in [0.15, 0.2) is 24.3 Å². The van der Waals surface area contributed by atoms with Crippen molar-refractivity contribution in [3.05, 3.63) is 29.8 Å². The van der Waals surface area contributed by atoms with Gasteiger partial charge in [0.1, 0.15) is 0 Å². The van der Waals surface area contributed by atoms with Gasteiger partial charge in [0.25, 0.3) is 0 Å². The molecule has 1 aliphatic rings. The molecule has 1 aliphatic heterocycles. The van der Waals surface area contributed by atoms with E-state index in [-0.39, 0.29) is 18.4 Å². The maximum atomic E-state index is 12.5. The number of hydrogen-bond donors (Lipinski definition) is 1. The van der Waals surface area contributed by atoms with Crippen LogP contribution in [-0.2, 0) is 0 Å². The molecule has 104 valence electrons. The van der Waals surface area contributed by atoms with Crippen molar-refractivity contribution in [2.24, 2.45) is 5.92 Å². The number of rotatable bonds is 2. The molecular weight excluding hydrogens is 259 g/mol. The molecule has 19 heavy (non-hydrogen) atoms. The first-order valence-corrected chi connectivity index (χ1v) is 6.03. The highest BCUT2D eigenvalue weighted by atomic mass is 19.4. The van der Waals surface area contributed by atoms with Crippen molar-refractivity contribution in [2.75, 3.05) is 18.0 Å². The van der Waals surface area contributed by atoms with Gasteiger partial charge >= 0.3 is 12.1 Å². The molecule has 0 bridgehead atoms. The lowest BCUT2D eigenvalue weighted by Gasteiger charge is -2.34. The number of anilines is 1. The summed E-state index contributed by atoms with van der Waals surface area (Å²) in [5.41, 5.74) is 0.816. The first-order chi connectivity index (χ1) is 8.88. The molecule has 0 spiro atoms. The topological polar surface area (TPSA) is 40.5 Å². The van der Waals surface area contributed by atoms with Crippen LogP contribution in [0.3, 0.4) is 0 Å². The Labute approximate surface area is 108 Å². The molecule has 0 unspecified atom stereocenters. The molecule has 0 radical (unpaired) electrons. The molecule has 0 atom stereocenters. The van der Waals surface area contributed by atoms with Crippen LogP contribution in [-0.4, -0.2) is 30.3 Å². The molecule has 1 aromatic carbocycles. The maximum Gasteiger partial charge on any atom is 0.391 e. The average Bonchev–Trinajstić information content (AvgIpc) is 2.38. The van der Waals surface area contributed by atoms with E-state index in [9.17, 15) is 18.0 Å². The van der Waals surface area contributed by atoms with Crippen molar-refractivity contribution < 1.29 is 23.1 Å². The summed E-state index contributed by atoms with van der Waals surface area (Å²) in [6.45, 7) is 0.598. The highest BCUT2D eigenvalue weighted by Crippen LogP contribution is 2.35. The fourth-order valence-electron chi connectivity index (χ4n) is 2.30. The minimum absolute atomic E-state index is 0.0563. The lowest BCUT2D eigenvalue weighted by atomic mass is 9.96. The van der Waals surface area contributed by atoms with Gasteiger partial charge in [-0.15, -0.1) is 0 Å². The van der Waals surface area contributed by atoms with E-state index < -0.39 is 18.1 Å². The van der Waals surface area contributed by atoms with Crippen molar-refractivity contribution in [3.8, 4) is 0 Å². The summed E-state index contributed by atoms with van der Waals surface area (Å²) >= 11 is 0. The molecule has 6 heteroatoms. The molecule has 0 aliphatic carbocycles. The second-order valence-corrected chi connectivity index (χ2v) is 4.66. The Morgan fingerprint density at radius 2 is 1.89 bits per heavy atom. The van der Waals surface area contributed by atoms with Crippen LogP contribution in [0.2, 0.25) is 0 Å². The van der Waals surface area contributed by atoms with Gasteiger partial charge in [-0.25, -0.2) is 4.79 Å². The monoisotopic (exact) mass is 273 g/mol. The molecule has 1 saturated heterocycles. The highest BCUT2D eigenvalue weighted by Gasteiger charge is 2.41. The van der Waals surface area contributed by atoms with Crippen molar-refractivity contribution in [2.45, 2.75) is 19.0 Å². The second kappa shape index (κ2) is 5.11. The largest absolute Gasteiger partial charge is 0.478 e. The Hall–Kier alpha value is -1.72. The Morgan fingerprint density at radius 3 is 2.42 bits per heavy atom. The number of carboxylic acids is 1. The zero-order valence-electron chi connectivity index (χ0n) is 10.2. The summed E-state index contributed by atoms with van der Waals surface area (Å²) in [4.78, 5) is 12.7. The Balaban J connectivity index is 2.05. The fraction of sp³-hybridized carbons (Fsp3) is 0.462.